The Morgan fingerprint density at radius 2 is 1.93 bits per heavy atom. The van der Waals surface area contributed by atoms with Gasteiger partial charge in [0.15, 0.2) is 0 Å². The molecular formula is C23H19Cl2N3O2. The molecule has 152 valence electrons. The van der Waals surface area contributed by atoms with Crippen molar-refractivity contribution in [2.75, 3.05) is 26.3 Å². The number of amides is 1. The van der Waals surface area contributed by atoms with E-state index in [1.54, 1.807) is 24.3 Å². The van der Waals surface area contributed by atoms with E-state index in [9.17, 15) is 10.1 Å². The van der Waals surface area contributed by atoms with Gasteiger partial charge in [-0.15, -0.1) is 0 Å². The summed E-state index contributed by atoms with van der Waals surface area (Å²) in [5.74, 6) is 0.0517. The van der Waals surface area contributed by atoms with E-state index in [0.717, 1.165) is 16.5 Å². The van der Waals surface area contributed by atoms with Gasteiger partial charge in [0, 0.05) is 46.3 Å². The van der Waals surface area contributed by atoms with Crippen LogP contribution in [0.2, 0.25) is 10.0 Å². The van der Waals surface area contributed by atoms with Crippen LogP contribution in [0.3, 0.4) is 0 Å². The number of fused-ring (bicyclic) bond motifs is 1. The molecule has 0 N–H and O–H groups in total. The number of nitriles is 1. The predicted molar refractivity (Wildman–Crippen MR) is 119 cm³/mol. The Hall–Kier alpha value is -2.78. The summed E-state index contributed by atoms with van der Waals surface area (Å²) in [5, 5.41) is 11.6. The van der Waals surface area contributed by atoms with Crippen molar-refractivity contribution in [3.05, 3.63) is 69.8 Å². The van der Waals surface area contributed by atoms with Crippen molar-refractivity contribution in [2.24, 2.45) is 0 Å². The number of hydrogen-bond donors (Lipinski definition) is 0. The number of carbonyl (C=O) groups is 1. The first kappa shape index (κ1) is 20.5. The molecule has 0 aliphatic carbocycles. The maximum Gasteiger partial charge on any atom is 0.242 e. The van der Waals surface area contributed by atoms with Crippen molar-refractivity contribution in [1.29, 1.82) is 5.26 Å². The fourth-order valence-electron chi connectivity index (χ4n) is 3.61. The Morgan fingerprint density at radius 1 is 1.17 bits per heavy atom. The zero-order chi connectivity index (χ0) is 21.1. The van der Waals surface area contributed by atoms with E-state index in [1.165, 1.54) is 0 Å². The Kier molecular flexibility index (Phi) is 6.10. The number of allylic oxidation sites excluding steroid dienone is 1. The summed E-state index contributed by atoms with van der Waals surface area (Å²) in [4.78, 5) is 14.6. The van der Waals surface area contributed by atoms with E-state index in [1.807, 2.05) is 39.9 Å². The van der Waals surface area contributed by atoms with Crippen LogP contribution >= 0.6 is 23.2 Å². The normalized spacial score (nSPS) is 14.7. The Balaban J connectivity index is 1.72. The van der Waals surface area contributed by atoms with Gasteiger partial charge < -0.3 is 14.2 Å². The number of halogens is 2. The van der Waals surface area contributed by atoms with Crippen LogP contribution in [0.1, 0.15) is 11.1 Å². The zero-order valence-corrected chi connectivity index (χ0v) is 17.7. The molecule has 1 aromatic heterocycles. The quantitative estimate of drug-likeness (QED) is 0.544. The molecule has 1 amide bonds. The number of morpholine rings is 1. The van der Waals surface area contributed by atoms with Crippen molar-refractivity contribution in [1.82, 2.24) is 9.47 Å². The predicted octanol–water partition coefficient (Wildman–Crippen LogP) is 4.87. The van der Waals surface area contributed by atoms with E-state index in [2.05, 4.69) is 6.07 Å². The summed E-state index contributed by atoms with van der Waals surface area (Å²) in [5.41, 5.74) is 2.83. The van der Waals surface area contributed by atoms with Gasteiger partial charge in [0.1, 0.15) is 6.54 Å². The van der Waals surface area contributed by atoms with Gasteiger partial charge in [-0.2, -0.15) is 5.26 Å². The summed E-state index contributed by atoms with van der Waals surface area (Å²) in [6.07, 6.45) is 3.71. The van der Waals surface area contributed by atoms with Crippen molar-refractivity contribution in [2.45, 2.75) is 6.54 Å². The van der Waals surface area contributed by atoms with Gasteiger partial charge in [-0.25, -0.2) is 0 Å². The smallest absolute Gasteiger partial charge is 0.242 e. The van der Waals surface area contributed by atoms with Gasteiger partial charge in [0.25, 0.3) is 0 Å². The van der Waals surface area contributed by atoms with Crippen LogP contribution < -0.4 is 0 Å². The lowest BCUT2D eigenvalue weighted by atomic mass is 10.0. The molecule has 4 rings (SSSR count). The highest BCUT2D eigenvalue weighted by Gasteiger charge is 2.19. The average Bonchev–Trinajstić information content (AvgIpc) is 3.10. The van der Waals surface area contributed by atoms with Crippen LogP contribution in [-0.2, 0) is 16.1 Å². The highest BCUT2D eigenvalue weighted by Crippen LogP contribution is 2.30. The Morgan fingerprint density at radius 3 is 2.67 bits per heavy atom. The standard InChI is InChI=1S/C23H19Cl2N3O2/c24-18-5-6-19(21(25)12-18)16(13-26)11-17-14-28(22-4-2-1-3-20(17)22)15-23(29)27-7-9-30-10-8-27/h1-6,11-12,14H,7-10,15H2. The molecule has 2 aromatic carbocycles. The van der Waals surface area contributed by atoms with Gasteiger partial charge in [-0.05, 0) is 24.3 Å². The molecule has 2 heterocycles. The molecule has 0 bridgehead atoms. The highest BCUT2D eigenvalue weighted by molar-refractivity contribution is 6.36. The number of nitrogens with zero attached hydrogens (tertiary/aromatic N) is 3. The molecule has 5 nitrogen and oxygen atoms in total. The largest absolute Gasteiger partial charge is 0.378 e. The molecule has 0 unspecified atom stereocenters. The van der Waals surface area contributed by atoms with Crippen LogP contribution in [0, 0.1) is 11.3 Å². The van der Waals surface area contributed by atoms with Crippen molar-refractivity contribution in [3.63, 3.8) is 0 Å². The van der Waals surface area contributed by atoms with Crippen molar-refractivity contribution < 1.29 is 9.53 Å². The number of benzene rings is 2. The second kappa shape index (κ2) is 8.93. The topological polar surface area (TPSA) is 58.3 Å². The van der Waals surface area contributed by atoms with E-state index in [0.29, 0.717) is 47.5 Å². The van der Waals surface area contributed by atoms with Crippen LogP contribution in [0.15, 0.2) is 48.7 Å². The van der Waals surface area contributed by atoms with Crippen molar-refractivity contribution in [3.8, 4) is 6.07 Å². The monoisotopic (exact) mass is 439 g/mol. The molecule has 1 saturated heterocycles. The van der Waals surface area contributed by atoms with E-state index in [-0.39, 0.29) is 12.5 Å². The molecule has 3 aromatic rings. The number of aromatic nitrogens is 1. The minimum Gasteiger partial charge on any atom is -0.378 e. The summed E-state index contributed by atoms with van der Waals surface area (Å²) in [6, 6.07) is 15.1. The maximum atomic E-state index is 12.7. The summed E-state index contributed by atoms with van der Waals surface area (Å²) < 4.78 is 7.26. The third-order valence-corrected chi connectivity index (χ3v) is 5.68. The van der Waals surface area contributed by atoms with Gasteiger partial charge in [-0.1, -0.05) is 47.5 Å². The maximum absolute atomic E-state index is 12.7. The summed E-state index contributed by atoms with van der Waals surface area (Å²) in [6.45, 7) is 2.59. The van der Waals surface area contributed by atoms with Crippen molar-refractivity contribution >= 4 is 51.7 Å². The molecule has 1 aliphatic rings. The van der Waals surface area contributed by atoms with Crippen LogP contribution in [0.25, 0.3) is 22.6 Å². The van der Waals surface area contributed by atoms with E-state index >= 15 is 0 Å². The molecule has 1 aliphatic heterocycles. The number of carbonyl (C=O) groups excluding carboxylic acids is 1. The minimum atomic E-state index is 0.0517. The zero-order valence-electron chi connectivity index (χ0n) is 16.1. The third kappa shape index (κ3) is 4.22. The first-order chi connectivity index (χ1) is 14.6. The molecule has 0 radical (unpaired) electrons. The fraction of sp³-hybridized carbons (Fsp3) is 0.217. The second-order valence-corrected chi connectivity index (χ2v) is 7.86. The second-order valence-electron chi connectivity index (χ2n) is 7.02. The average molecular weight is 440 g/mol. The van der Waals surface area contributed by atoms with Crippen LogP contribution in [0.4, 0.5) is 0 Å². The minimum absolute atomic E-state index is 0.0517. The van der Waals surface area contributed by atoms with Gasteiger partial charge >= 0.3 is 0 Å². The molecule has 0 atom stereocenters. The molecule has 0 spiro atoms. The number of ether oxygens (including phenoxy) is 1. The highest BCUT2D eigenvalue weighted by atomic mass is 35.5. The van der Waals surface area contributed by atoms with E-state index in [4.69, 9.17) is 27.9 Å². The van der Waals surface area contributed by atoms with Gasteiger partial charge in [0.05, 0.1) is 29.9 Å². The lowest BCUT2D eigenvalue weighted by molar-refractivity contribution is -0.135. The van der Waals surface area contributed by atoms with Gasteiger partial charge in [-0.3, -0.25) is 4.79 Å². The first-order valence-corrected chi connectivity index (χ1v) is 10.3. The third-order valence-electron chi connectivity index (χ3n) is 5.13. The number of para-hydroxylation sites is 1. The Labute approximate surface area is 184 Å². The number of hydrogen-bond acceptors (Lipinski definition) is 3. The SMILES string of the molecule is N#CC(=Cc1cn(CC(=O)N2CCOCC2)c2ccccc12)c1ccc(Cl)cc1Cl. The molecule has 1 fully saturated rings. The molecule has 7 heteroatoms. The lowest BCUT2D eigenvalue weighted by Crippen LogP contribution is -2.42. The fourth-order valence-corrected chi connectivity index (χ4v) is 4.12. The lowest BCUT2D eigenvalue weighted by Gasteiger charge is -2.27. The first-order valence-electron chi connectivity index (χ1n) is 9.57. The summed E-state index contributed by atoms with van der Waals surface area (Å²) in [7, 11) is 0. The van der Waals surface area contributed by atoms with E-state index < -0.39 is 0 Å². The van der Waals surface area contributed by atoms with Crippen LogP contribution in [0.5, 0.6) is 0 Å². The Bertz CT molecular complexity index is 1170. The van der Waals surface area contributed by atoms with Gasteiger partial charge in [0.2, 0.25) is 5.91 Å². The summed E-state index contributed by atoms with van der Waals surface area (Å²) >= 11 is 12.3. The molecular weight excluding hydrogens is 421 g/mol. The molecule has 30 heavy (non-hydrogen) atoms. The number of rotatable bonds is 4. The molecule has 0 saturated carbocycles. The van der Waals surface area contributed by atoms with Crippen LogP contribution in [-0.4, -0.2) is 41.7 Å².